The number of hydrogen-bond acceptors (Lipinski definition) is 2. The number of aryl methyl sites for hydroxylation is 1. The summed E-state index contributed by atoms with van der Waals surface area (Å²) in [5.41, 5.74) is 2.82. The molecular weight excluding hydrogens is 244 g/mol. The van der Waals surface area contributed by atoms with Crippen molar-refractivity contribution in [2.45, 2.75) is 17.6 Å². The Balaban J connectivity index is 2.25. The van der Waals surface area contributed by atoms with E-state index in [9.17, 15) is 0 Å². The molecule has 0 atom stereocenters. The van der Waals surface area contributed by atoms with E-state index in [2.05, 4.69) is 25.1 Å². The number of halogens is 1. The first-order valence-electron chi connectivity index (χ1n) is 4.76. The minimum atomic E-state index is 0.831. The minimum Gasteiger partial charge on any atom is -0.140 e. The largest absolute Gasteiger partial charge is 0.140 e. The second-order valence-corrected chi connectivity index (χ2v) is 6.35. The maximum Gasteiger partial charge on any atom is 0.0417 e. The Morgan fingerprint density at radius 1 is 1.27 bits per heavy atom. The maximum atomic E-state index is 6.00. The Bertz CT molecular complexity index is 528. The number of benzene rings is 1. The molecule has 0 N–H and O–H groups in total. The maximum absolute atomic E-state index is 6.00. The Morgan fingerprint density at radius 2 is 2.13 bits per heavy atom. The van der Waals surface area contributed by atoms with E-state index < -0.39 is 0 Å². The monoisotopic (exact) mass is 252 g/mol. The van der Waals surface area contributed by atoms with Gasteiger partial charge in [-0.3, -0.25) is 0 Å². The SMILES string of the molecule is Cc1cc2c(s1)-c1ccc(Cl)cc1SC2. The summed E-state index contributed by atoms with van der Waals surface area (Å²) in [4.78, 5) is 4.14. The predicted molar refractivity (Wildman–Crippen MR) is 69.1 cm³/mol. The van der Waals surface area contributed by atoms with Gasteiger partial charge in [-0.05, 0) is 30.7 Å². The second kappa shape index (κ2) is 3.55. The molecule has 0 bridgehead atoms. The highest BCUT2D eigenvalue weighted by molar-refractivity contribution is 7.98. The third kappa shape index (κ3) is 1.61. The van der Waals surface area contributed by atoms with E-state index in [0.29, 0.717) is 0 Å². The molecule has 0 fully saturated rings. The van der Waals surface area contributed by atoms with Crippen LogP contribution in [0.3, 0.4) is 0 Å². The molecule has 15 heavy (non-hydrogen) atoms. The molecule has 0 aliphatic carbocycles. The molecule has 2 heterocycles. The summed E-state index contributed by atoms with van der Waals surface area (Å²) < 4.78 is 0. The molecule has 0 radical (unpaired) electrons. The topological polar surface area (TPSA) is 0 Å². The van der Waals surface area contributed by atoms with Crippen molar-refractivity contribution in [2.24, 2.45) is 0 Å². The number of rotatable bonds is 0. The third-order valence-corrected chi connectivity index (χ3v) is 4.97. The fourth-order valence-corrected chi connectivity index (χ4v) is 4.40. The van der Waals surface area contributed by atoms with Crippen molar-refractivity contribution in [3.63, 3.8) is 0 Å². The van der Waals surface area contributed by atoms with E-state index in [1.54, 1.807) is 0 Å². The summed E-state index contributed by atoms with van der Waals surface area (Å²) in [5, 5.41) is 0.831. The van der Waals surface area contributed by atoms with Crippen molar-refractivity contribution in [1.29, 1.82) is 0 Å². The lowest BCUT2D eigenvalue weighted by Gasteiger charge is -2.15. The smallest absolute Gasteiger partial charge is 0.0417 e. The van der Waals surface area contributed by atoms with Crippen LogP contribution in [0.4, 0.5) is 0 Å². The molecule has 76 valence electrons. The molecule has 0 unspecified atom stereocenters. The van der Waals surface area contributed by atoms with Crippen LogP contribution in [0, 0.1) is 6.92 Å². The Morgan fingerprint density at radius 3 is 3.00 bits per heavy atom. The average molecular weight is 253 g/mol. The average Bonchev–Trinajstić information content (AvgIpc) is 2.58. The van der Waals surface area contributed by atoms with Gasteiger partial charge in [-0.15, -0.1) is 23.1 Å². The number of thioether (sulfide) groups is 1. The van der Waals surface area contributed by atoms with Crippen LogP contribution in [0.25, 0.3) is 10.4 Å². The third-order valence-electron chi connectivity index (χ3n) is 2.50. The first-order chi connectivity index (χ1) is 7.24. The standard InChI is InChI=1S/C12H9ClS2/c1-7-4-8-6-14-11-5-9(13)2-3-10(11)12(8)15-7/h2-5H,6H2,1H3. The zero-order valence-electron chi connectivity index (χ0n) is 8.21. The van der Waals surface area contributed by atoms with Crippen LogP contribution >= 0.6 is 34.7 Å². The van der Waals surface area contributed by atoms with Crippen molar-refractivity contribution in [3.05, 3.63) is 39.7 Å². The molecule has 2 aromatic rings. The fraction of sp³-hybridized carbons (Fsp3) is 0.167. The Labute approximate surface area is 102 Å². The quantitative estimate of drug-likeness (QED) is 0.637. The highest BCUT2D eigenvalue weighted by atomic mass is 35.5. The molecular formula is C12H9ClS2. The van der Waals surface area contributed by atoms with Crippen molar-refractivity contribution in [2.75, 3.05) is 0 Å². The molecule has 3 heteroatoms. The predicted octanol–water partition coefficient (Wildman–Crippen LogP) is 4.98. The molecule has 1 aromatic carbocycles. The molecule has 3 rings (SSSR count). The van der Waals surface area contributed by atoms with Crippen LogP contribution < -0.4 is 0 Å². The van der Waals surface area contributed by atoms with Gasteiger partial charge in [0.1, 0.15) is 0 Å². The second-order valence-electron chi connectivity index (χ2n) is 3.64. The van der Waals surface area contributed by atoms with Gasteiger partial charge in [0.15, 0.2) is 0 Å². The molecule has 1 aromatic heterocycles. The zero-order chi connectivity index (χ0) is 10.4. The number of hydrogen-bond donors (Lipinski definition) is 0. The Kier molecular flexibility index (Phi) is 2.31. The first-order valence-corrected chi connectivity index (χ1v) is 6.94. The zero-order valence-corrected chi connectivity index (χ0v) is 10.6. The van der Waals surface area contributed by atoms with E-state index in [4.69, 9.17) is 11.6 Å². The van der Waals surface area contributed by atoms with Crippen LogP contribution in [0.15, 0.2) is 29.2 Å². The summed E-state index contributed by atoms with van der Waals surface area (Å²) in [6.07, 6.45) is 0. The molecule has 0 saturated carbocycles. The van der Waals surface area contributed by atoms with Crippen molar-refractivity contribution in [1.82, 2.24) is 0 Å². The lowest BCUT2D eigenvalue weighted by molar-refractivity contribution is 1.35. The molecule has 0 amide bonds. The van der Waals surface area contributed by atoms with Crippen LogP contribution in [0.5, 0.6) is 0 Å². The van der Waals surface area contributed by atoms with E-state index >= 15 is 0 Å². The molecule has 1 aliphatic heterocycles. The summed E-state index contributed by atoms with van der Waals surface area (Å²) in [5.74, 6) is 1.08. The fourth-order valence-electron chi connectivity index (χ4n) is 1.86. The van der Waals surface area contributed by atoms with Gasteiger partial charge in [0.25, 0.3) is 0 Å². The van der Waals surface area contributed by atoms with E-state index in [1.807, 2.05) is 29.2 Å². The first kappa shape index (κ1) is 9.76. The minimum absolute atomic E-state index is 0.831. The van der Waals surface area contributed by atoms with Gasteiger partial charge < -0.3 is 0 Å². The summed E-state index contributed by atoms with van der Waals surface area (Å²) in [6, 6.07) is 8.48. The molecule has 0 nitrogen and oxygen atoms in total. The van der Waals surface area contributed by atoms with Gasteiger partial charge in [0, 0.05) is 31.0 Å². The normalized spacial score (nSPS) is 13.5. The van der Waals surface area contributed by atoms with Gasteiger partial charge >= 0.3 is 0 Å². The van der Waals surface area contributed by atoms with Gasteiger partial charge in [-0.1, -0.05) is 17.7 Å². The van der Waals surface area contributed by atoms with Gasteiger partial charge in [-0.25, -0.2) is 0 Å². The highest BCUT2D eigenvalue weighted by Crippen LogP contribution is 2.46. The number of thiophene rings is 1. The lowest BCUT2D eigenvalue weighted by atomic mass is 10.1. The van der Waals surface area contributed by atoms with Crippen LogP contribution in [0.2, 0.25) is 5.02 Å². The van der Waals surface area contributed by atoms with Crippen molar-refractivity contribution < 1.29 is 0 Å². The van der Waals surface area contributed by atoms with Crippen molar-refractivity contribution in [3.8, 4) is 10.4 Å². The number of fused-ring (bicyclic) bond motifs is 3. The van der Waals surface area contributed by atoms with Gasteiger partial charge in [-0.2, -0.15) is 0 Å². The van der Waals surface area contributed by atoms with E-state index in [0.717, 1.165) is 10.8 Å². The van der Waals surface area contributed by atoms with E-state index in [-0.39, 0.29) is 0 Å². The molecule has 1 aliphatic rings. The summed E-state index contributed by atoms with van der Waals surface area (Å²) in [6.45, 7) is 2.17. The highest BCUT2D eigenvalue weighted by Gasteiger charge is 2.18. The Hall–Kier alpha value is -0.440. The van der Waals surface area contributed by atoms with E-state index in [1.165, 1.54) is 25.8 Å². The van der Waals surface area contributed by atoms with Crippen LogP contribution in [0.1, 0.15) is 10.4 Å². The lowest BCUT2D eigenvalue weighted by Crippen LogP contribution is -1.91. The molecule has 0 spiro atoms. The summed E-state index contributed by atoms with van der Waals surface area (Å²) >= 11 is 9.76. The molecule has 0 saturated heterocycles. The van der Waals surface area contributed by atoms with Crippen molar-refractivity contribution >= 4 is 34.7 Å². The van der Waals surface area contributed by atoms with Crippen LogP contribution in [-0.2, 0) is 5.75 Å². The van der Waals surface area contributed by atoms with Gasteiger partial charge in [0.05, 0.1) is 0 Å². The van der Waals surface area contributed by atoms with Gasteiger partial charge in [0.2, 0.25) is 0 Å². The summed E-state index contributed by atoms with van der Waals surface area (Å²) in [7, 11) is 0. The van der Waals surface area contributed by atoms with Crippen LogP contribution in [-0.4, -0.2) is 0 Å².